The molecule has 0 aliphatic carbocycles. The molecule has 0 radical (unpaired) electrons. The number of hydrogen-bond acceptors (Lipinski definition) is 16. The quantitative estimate of drug-likeness (QED) is 0.283. The van der Waals surface area contributed by atoms with E-state index in [1.54, 1.807) is 12.1 Å². The SMILES string of the molecule is COc1cc2c(cc1OC(C)=O)CCN[C@]21CS[C@@H]2c3c(OC(C)=O)c(C)c4c(c3[C@@H](COC1=O)N1C2[C@H]2c3c(cc(C)c(OC)c3O)C[C@@H]([C@@H]1C#N)N2C)OCO4. The van der Waals surface area contributed by atoms with Gasteiger partial charge in [-0.25, -0.2) is 4.79 Å². The van der Waals surface area contributed by atoms with E-state index in [2.05, 4.69) is 21.2 Å². The lowest BCUT2D eigenvalue weighted by molar-refractivity contribution is -0.157. The predicted octanol–water partition coefficient (Wildman–Crippen LogP) is 4.21. The third kappa shape index (κ3) is 5.39. The van der Waals surface area contributed by atoms with E-state index in [0.717, 1.165) is 16.7 Å². The van der Waals surface area contributed by atoms with Crippen molar-refractivity contribution in [3.05, 3.63) is 62.7 Å². The second-order valence-corrected chi connectivity index (χ2v) is 16.8. The lowest BCUT2D eigenvalue weighted by Gasteiger charge is -2.62. The lowest BCUT2D eigenvalue weighted by Crippen LogP contribution is -2.69. The first-order valence-corrected chi connectivity index (χ1v) is 20.3. The molecule has 1 spiro atoms. The fourth-order valence-electron chi connectivity index (χ4n) is 10.4. The van der Waals surface area contributed by atoms with Gasteiger partial charge in [-0.3, -0.25) is 24.7 Å². The molecule has 4 bridgehead atoms. The maximum atomic E-state index is 14.9. The summed E-state index contributed by atoms with van der Waals surface area (Å²) >= 11 is 1.47. The highest BCUT2D eigenvalue weighted by Crippen LogP contribution is 2.64. The van der Waals surface area contributed by atoms with Gasteiger partial charge in [0.15, 0.2) is 40.0 Å². The zero-order chi connectivity index (χ0) is 40.9. The van der Waals surface area contributed by atoms with Gasteiger partial charge in [0, 0.05) is 60.5 Å². The van der Waals surface area contributed by atoms with Crippen molar-refractivity contribution in [2.45, 2.75) is 81.5 Å². The number of fused-ring (bicyclic) bond motifs is 9. The van der Waals surface area contributed by atoms with Crippen LogP contribution in [0.3, 0.4) is 0 Å². The van der Waals surface area contributed by atoms with Crippen molar-refractivity contribution in [1.82, 2.24) is 15.1 Å². The number of carbonyl (C=O) groups excluding carboxylic acids is 3. The average Bonchev–Trinajstić information content (AvgIpc) is 3.68. The smallest absolute Gasteiger partial charge is 0.331 e. The van der Waals surface area contributed by atoms with Gasteiger partial charge in [-0.15, -0.1) is 11.8 Å². The van der Waals surface area contributed by atoms with E-state index >= 15 is 0 Å². The van der Waals surface area contributed by atoms with Crippen LogP contribution >= 0.6 is 11.8 Å². The number of carbonyl (C=O) groups is 3. The number of aryl methyl sites for hydroxylation is 1. The molecule has 0 saturated carbocycles. The summed E-state index contributed by atoms with van der Waals surface area (Å²) in [5, 5.41) is 26.2. The standard InChI is InChI=1S/C42H44N4O11S/c1-18-10-23-11-25-26(14-43)46-27-15-53-41(50)42(24-13-28(51-6)29(56-20(3)47)12-22(24)8-9-44-42)16-58-40(34(46)33(45(25)5)30(23)35(49)36(18)52-7)32-31(27)39-38(54-17-55-39)19(2)37(32)57-21(4)48/h10,12-13,25-27,33-34,40,44,49H,8-9,11,15-17H2,1-7H3/t25-,26-,27+,33+,34?,40+,42+/m0/s1. The first-order chi connectivity index (χ1) is 27.8. The topological polar surface area (TPSA) is 178 Å². The molecule has 304 valence electrons. The van der Waals surface area contributed by atoms with Crippen molar-refractivity contribution in [3.63, 3.8) is 0 Å². The molecule has 16 heteroatoms. The number of phenolic OH excluding ortho intramolecular Hbond substituents is 1. The van der Waals surface area contributed by atoms with E-state index in [0.29, 0.717) is 70.2 Å². The summed E-state index contributed by atoms with van der Waals surface area (Å²) in [5.74, 6) is 0.678. The summed E-state index contributed by atoms with van der Waals surface area (Å²) in [4.78, 5) is 44.3. The van der Waals surface area contributed by atoms with Crippen molar-refractivity contribution in [2.24, 2.45) is 0 Å². The van der Waals surface area contributed by atoms with Gasteiger partial charge in [0.25, 0.3) is 0 Å². The van der Waals surface area contributed by atoms with Crippen LogP contribution in [0, 0.1) is 25.2 Å². The van der Waals surface area contributed by atoms with E-state index < -0.39 is 52.9 Å². The maximum Gasteiger partial charge on any atom is 0.331 e. The summed E-state index contributed by atoms with van der Waals surface area (Å²) in [6.45, 7) is 6.52. The first kappa shape index (κ1) is 38.3. The Labute approximate surface area is 339 Å². The number of methoxy groups -OCH3 is 2. The molecule has 3 aromatic rings. The van der Waals surface area contributed by atoms with E-state index in [4.69, 9.17) is 33.2 Å². The van der Waals surface area contributed by atoms with E-state index in [9.17, 15) is 24.8 Å². The summed E-state index contributed by atoms with van der Waals surface area (Å²) < 4.78 is 41.9. The Kier molecular flexibility index (Phi) is 9.23. The van der Waals surface area contributed by atoms with Crippen LogP contribution in [0.25, 0.3) is 0 Å². The average molecular weight is 813 g/mol. The number of ether oxygens (including phenoxy) is 7. The Morgan fingerprint density at radius 3 is 2.45 bits per heavy atom. The highest BCUT2D eigenvalue weighted by Gasteiger charge is 2.62. The molecular formula is C42H44N4O11S. The maximum absolute atomic E-state index is 14.9. The molecule has 3 aromatic carbocycles. The third-order valence-corrected chi connectivity index (χ3v) is 14.1. The molecule has 7 atom stereocenters. The minimum atomic E-state index is -1.40. The van der Waals surface area contributed by atoms with Gasteiger partial charge in [0.2, 0.25) is 6.79 Å². The first-order valence-electron chi connectivity index (χ1n) is 19.2. The normalized spacial score (nSPS) is 27.9. The number of phenols is 1. The summed E-state index contributed by atoms with van der Waals surface area (Å²) in [5.41, 5.74) is 4.29. The molecule has 7 heterocycles. The number of aromatic hydroxyl groups is 1. The molecule has 58 heavy (non-hydrogen) atoms. The van der Waals surface area contributed by atoms with Crippen LogP contribution < -0.4 is 33.7 Å². The number of likely N-dealkylation sites (N-methyl/N-ethyl adjacent to an activating group) is 1. The van der Waals surface area contributed by atoms with E-state index in [-0.39, 0.29) is 42.4 Å². The summed E-state index contributed by atoms with van der Waals surface area (Å²) in [6, 6.07) is 5.31. The van der Waals surface area contributed by atoms with Crippen LogP contribution in [0.5, 0.6) is 40.2 Å². The van der Waals surface area contributed by atoms with Crippen molar-refractivity contribution in [2.75, 3.05) is 47.0 Å². The highest BCUT2D eigenvalue weighted by molar-refractivity contribution is 7.99. The van der Waals surface area contributed by atoms with Gasteiger partial charge in [-0.1, -0.05) is 6.07 Å². The number of nitriles is 1. The van der Waals surface area contributed by atoms with Crippen LogP contribution in [0.4, 0.5) is 0 Å². The molecule has 1 unspecified atom stereocenters. The number of rotatable bonds is 4. The molecule has 7 aliphatic heterocycles. The number of piperazine rings is 1. The number of thioether (sulfide) groups is 1. The highest BCUT2D eigenvalue weighted by atomic mass is 32.2. The number of nitrogens with zero attached hydrogens (tertiary/aromatic N) is 3. The predicted molar refractivity (Wildman–Crippen MR) is 208 cm³/mol. The van der Waals surface area contributed by atoms with Crippen LogP contribution in [0.15, 0.2) is 18.2 Å². The number of benzene rings is 3. The van der Waals surface area contributed by atoms with Crippen LogP contribution in [0.2, 0.25) is 0 Å². The molecule has 0 aromatic heterocycles. The van der Waals surface area contributed by atoms with E-state index in [1.165, 1.54) is 39.8 Å². The Morgan fingerprint density at radius 2 is 1.74 bits per heavy atom. The van der Waals surface area contributed by atoms with Gasteiger partial charge in [0.1, 0.15) is 18.4 Å². The number of esters is 3. The summed E-state index contributed by atoms with van der Waals surface area (Å²) in [6.07, 6.45) is 1.01. The molecule has 15 nitrogen and oxygen atoms in total. The van der Waals surface area contributed by atoms with Crippen molar-refractivity contribution in [3.8, 4) is 46.3 Å². The van der Waals surface area contributed by atoms with Crippen LogP contribution in [-0.2, 0) is 37.5 Å². The van der Waals surface area contributed by atoms with E-state index in [1.807, 2.05) is 27.0 Å². The number of nitrogens with one attached hydrogen (secondary N) is 1. The Hall–Kier alpha value is -5.21. The minimum Gasteiger partial charge on any atom is -0.504 e. The molecular weight excluding hydrogens is 769 g/mol. The molecule has 2 saturated heterocycles. The van der Waals surface area contributed by atoms with Gasteiger partial charge >= 0.3 is 17.9 Å². The second kappa shape index (κ2) is 14.0. The van der Waals surface area contributed by atoms with Gasteiger partial charge < -0.3 is 38.3 Å². The Balaban J connectivity index is 1.31. The van der Waals surface area contributed by atoms with Gasteiger partial charge in [-0.2, -0.15) is 5.26 Å². The van der Waals surface area contributed by atoms with Gasteiger partial charge in [-0.05, 0) is 68.1 Å². The minimum absolute atomic E-state index is 0.0323. The van der Waals surface area contributed by atoms with Crippen LogP contribution in [-0.4, -0.2) is 97.9 Å². The number of hydrogen-bond donors (Lipinski definition) is 2. The zero-order valence-electron chi connectivity index (χ0n) is 33.2. The molecule has 2 fully saturated rings. The fourth-order valence-corrected chi connectivity index (χ4v) is 12.1. The molecule has 7 aliphatic rings. The second-order valence-electron chi connectivity index (χ2n) is 15.7. The van der Waals surface area contributed by atoms with Crippen LogP contribution in [0.1, 0.15) is 75.7 Å². The third-order valence-electron chi connectivity index (χ3n) is 12.7. The van der Waals surface area contributed by atoms with Crippen molar-refractivity contribution < 1.29 is 52.6 Å². The zero-order valence-corrected chi connectivity index (χ0v) is 34.0. The van der Waals surface area contributed by atoms with Gasteiger partial charge in [0.05, 0.1) is 37.6 Å². The molecule has 0 amide bonds. The van der Waals surface area contributed by atoms with Crippen molar-refractivity contribution >= 4 is 29.7 Å². The molecule has 2 N–H and O–H groups in total. The monoisotopic (exact) mass is 812 g/mol. The van der Waals surface area contributed by atoms with Crippen molar-refractivity contribution in [1.29, 1.82) is 5.26 Å². The lowest BCUT2D eigenvalue weighted by atomic mass is 9.71. The fraction of sp³-hybridized carbons (Fsp3) is 0.476. The Morgan fingerprint density at radius 1 is 0.983 bits per heavy atom. The molecule has 10 rings (SSSR count). The summed E-state index contributed by atoms with van der Waals surface area (Å²) in [7, 11) is 4.98. The largest absolute Gasteiger partial charge is 0.504 e. The Bertz CT molecular complexity index is 2350.